The van der Waals surface area contributed by atoms with Crippen LogP contribution in [0, 0.1) is 6.92 Å². The molecule has 0 aliphatic rings. The van der Waals surface area contributed by atoms with E-state index in [2.05, 4.69) is 15.0 Å². The lowest BCUT2D eigenvalue weighted by Gasteiger charge is -2.10. The Labute approximate surface area is 181 Å². The predicted molar refractivity (Wildman–Crippen MR) is 111 cm³/mol. The van der Waals surface area contributed by atoms with Gasteiger partial charge in [-0.3, -0.25) is 4.79 Å². The molecule has 0 fully saturated rings. The molecule has 1 heterocycles. The van der Waals surface area contributed by atoms with Crippen molar-refractivity contribution in [2.75, 3.05) is 11.1 Å². The summed E-state index contributed by atoms with van der Waals surface area (Å²) >= 11 is 1.20. The molecule has 10 heteroatoms. The van der Waals surface area contributed by atoms with Crippen LogP contribution in [0.2, 0.25) is 0 Å². The van der Waals surface area contributed by atoms with Gasteiger partial charge in [0, 0.05) is 18.4 Å². The molecule has 6 nitrogen and oxygen atoms in total. The van der Waals surface area contributed by atoms with E-state index in [1.807, 2.05) is 35.8 Å². The highest BCUT2D eigenvalue weighted by Gasteiger charge is 2.30. The number of rotatable bonds is 8. The maximum Gasteiger partial charge on any atom is 0.573 e. The first-order valence-corrected chi connectivity index (χ1v) is 10.2. The Morgan fingerprint density at radius 1 is 1.16 bits per heavy atom. The summed E-state index contributed by atoms with van der Waals surface area (Å²) in [5.74, 6) is -0.671. The molecule has 0 saturated carbocycles. The molecule has 2 aromatic carbocycles. The van der Waals surface area contributed by atoms with Gasteiger partial charge in [0.2, 0.25) is 5.91 Å². The van der Waals surface area contributed by atoms with E-state index < -0.39 is 6.36 Å². The lowest BCUT2D eigenvalue weighted by atomic mass is 10.1. The number of anilines is 1. The standard InChI is InChI=1S/C21H20F3N3O3S/c1-14-2-4-15(5-3-14)10-27-11-17(12-28)26-20(27)31-13-19(29)25-16-6-8-18(9-7-16)30-21(22,23)24/h2-9,11,28H,10,12-13H2,1H3,(H,25,29). The number of amides is 1. The molecule has 3 rings (SSSR count). The van der Waals surface area contributed by atoms with Crippen LogP contribution < -0.4 is 10.1 Å². The normalized spacial score (nSPS) is 11.4. The Kier molecular flexibility index (Phi) is 7.24. The van der Waals surface area contributed by atoms with Gasteiger partial charge in [-0.2, -0.15) is 0 Å². The molecule has 0 radical (unpaired) electrons. The Morgan fingerprint density at radius 2 is 1.84 bits per heavy atom. The average Bonchev–Trinajstić information content (AvgIpc) is 3.10. The summed E-state index contributed by atoms with van der Waals surface area (Å²) in [4.78, 5) is 16.6. The molecular weight excluding hydrogens is 431 g/mol. The van der Waals surface area contributed by atoms with Crippen LogP contribution in [0.3, 0.4) is 0 Å². The average molecular weight is 451 g/mol. The zero-order valence-corrected chi connectivity index (χ0v) is 17.3. The van der Waals surface area contributed by atoms with Gasteiger partial charge in [0.25, 0.3) is 0 Å². The van der Waals surface area contributed by atoms with E-state index in [4.69, 9.17) is 0 Å². The largest absolute Gasteiger partial charge is 0.573 e. The third-order valence-electron chi connectivity index (χ3n) is 4.13. The topological polar surface area (TPSA) is 76.4 Å². The quantitative estimate of drug-likeness (QED) is 0.498. The number of hydrogen-bond acceptors (Lipinski definition) is 5. The van der Waals surface area contributed by atoms with Crippen molar-refractivity contribution in [2.24, 2.45) is 0 Å². The number of carbonyl (C=O) groups is 1. The Bertz CT molecular complexity index is 1020. The van der Waals surface area contributed by atoms with Crippen molar-refractivity contribution in [1.29, 1.82) is 0 Å². The number of aromatic nitrogens is 2. The number of carbonyl (C=O) groups excluding carboxylic acids is 1. The van der Waals surface area contributed by atoms with Crippen LogP contribution in [0.25, 0.3) is 0 Å². The lowest BCUT2D eigenvalue weighted by Crippen LogP contribution is -2.17. The fraction of sp³-hybridized carbons (Fsp3) is 0.238. The van der Waals surface area contributed by atoms with E-state index in [0.29, 0.717) is 23.1 Å². The van der Waals surface area contributed by atoms with Gasteiger partial charge in [0.05, 0.1) is 18.1 Å². The molecule has 164 valence electrons. The molecule has 0 saturated heterocycles. The third-order valence-corrected chi connectivity index (χ3v) is 5.12. The first-order valence-electron chi connectivity index (χ1n) is 9.23. The van der Waals surface area contributed by atoms with Crippen molar-refractivity contribution < 1.29 is 27.8 Å². The Morgan fingerprint density at radius 3 is 2.45 bits per heavy atom. The number of nitrogens with one attached hydrogen (secondary N) is 1. The van der Waals surface area contributed by atoms with Crippen LogP contribution in [-0.4, -0.2) is 32.7 Å². The maximum atomic E-state index is 12.3. The van der Waals surface area contributed by atoms with Gasteiger partial charge in [-0.05, 0) is 36.8 Å². The molecule has 3 aromatic rings. The molecule has 0 aliphatic carbocycles. The maximum absolute atomic E-state index is 12.3. The number of alkyl halides is 3. The summed E-state index contributed by atoms with van der Waals surface area (Å²) in [5, 5.41) is 12.6. The molecular formula is C21H20F3N3O3S. The number of aliphatic hydroxyl groups is 1. The van der Waals surface area contributed by atoms with E-state index in [9.17, 15) is 23.1 Å². The third kappa shape index (κ3) is 7.04. The number of aliphatic hydroxyl groups excluding tert-OH is 1. The molecule has 0 unspecified atom stereocenters. The second-order valence-electron chi connectivity index (χ2n) is 6.70. The van der Waals surface area contributed by atoms with E-state index >= 15 is 0 Å². The van der Waals surface area contributed by atoms with Crippen molar-refractivity contribution in [3.63, 3.8) is 0 Å². The molecule has 31 heavy (non-hydrogen) atoms. The minimum Gasteiger partial charge on any atom is -0.406 e. The smallest absolute Gasteiger partial charge is 0.406 e. The van der Waals surface area contributed by atoms with Crippen molar-refractivity contribution in [2.45, 2.75) is 31.6 Å². The molecule has 1 aromatic heterocycles. The van der Waals surface area contributed by atoms with Crippen LogP contribution >= 0.6 is 11.8 Å². The number of halogens is 3. The number of benzene rings is 2. The Balaban J connectivity index is 1.59. The summed E-state index contributed by atoms with van der Waals surface area (Å²) in [6, 6.07) is 12.9. The number of imidazole rings is 1. The molecule has 0 spiro atoms. The highest BCUT2D eigenvalue weighted by Crippen LogP contribution is 2.24. The predicted octanol–water partition coefficient (Wildman–Crippen LogP) is 4.36. The zero-order valence-electron chi connectivity index (χ0n) is 16.5. The lowest BCUT2D eigenvalue weighted by molar-refractivity contribution is -0.274. The fourth-order valence-electron chi connectivity index (χ4n) is 2.71. The van der Waals surface area contributed by atoms with E-state index in [1.165, 1.54) is 23.9 Å². The molecule has 2 N–H and O–H groups in total. The first kappa shape index (κ1) is 22.7. The minimum absolute atomic E-state index is 0.0383. The van der Waals surface area contributed by atoms with E-state index in [0.717, 1.165) is 23.3 Å². The van der Waals surface area contributed by atoms with Crippen LogP contribution in [0.5, 0.6) is 5.75 Å². The van der Waals surface area contributed by atoms with Crippen molar-refractivity contribution in [1.82, 2.24) is 9.55 Å². The van der Waals surface area contributed by atoms with Crippen molar-refractivity contribution in [3.8, 4) is 5.75 Å². The van der Waals surface area contributed by atoms with Gasteiger partial charge >= 0.3 is 6.36 Å². The number of thioether (sulfide) groups is 1. The number of hydrogen-bond donors (Lipinski definition) is 2. The first-order chi connectivity index (χ1) is 14.7. The molecule has 0 bridgehead atoms. The number of aryl methyl sites for hydroxylation is 1. The minimum atomic E-state index is -4.77. The highest BCUT2D eigenvalue weighted by molar-refractivity contribution is 7.99. The van der Waals surface area contributed by atoms with Crippen LogP contribution in [0.4, 0.5) is 18.9 Å². The number of nitrogens with zero attached hydrogens (tertiary/aromatic N) is 2. The molecule has 1 amide bonds. The molecule has 0 atom stereocenters. The van der Waals surface area contributed by atoms with Gasteiger partial charge in [0.1, 0.15) is 5.75 Å². The summed E-state index contributed by atoms with van der Waals surface area (Å²) < 4.78 is 42.3. The zero-order chi connectivity index (χ0) is 22.4. The SMILES string of the molecule is Cc1ccc(Cn2cc(CO)nc2SCC(=O)Nc2ccc(OC(F)(F)F)cc2)cc1. The summed E-state index contributed by atoms with van der Waals surface area (Å²) in [6.45, 7) is 2.33. The van der Waals surface area contributed by atoms with Gasteiger partial charge < -0.3 is 19.7 Å². The van der Waals surface area contributed by atoms with Gasteiger partial charge in [-0.15, -0.1) is 13.2 Å². The van der Waals surface area contributed by atoms with E-state index in [1.54, 1.807) is 6.20 Å². The van der Waals surface area contributed by atoms with Crippen molar-refractivity contribution in [3.05, 3.63) is 71.5 Å². The second kappa shape index (κ2) is 9.88. The number of ether oxygens (including phenoxy) is 1. The van der Waals surface area contributed by atoms with E-state index in [-0.39, 0.29) is 24.0 Å². The van der Waals surface area contributed by atoms with Crippen molar-refractivity contribution >= 4 is 23.4 Å². The van der Waals surface area contributed by atoms with Gasteiger partial charge in [-0.1, -0.05) is 41.6 Å². The van der Waals surface area contributed by atoms with Gasteiger partial charge in [0.15, 0.2) is 5.16 Å². The summed E-state index contributed by atoms with van der Waals surface area (Å²) in [6.07, 6.45) is -3.03. The van der Waals surface area contributed by atoms with Crippen LogP contribution in [0.1, 0.15) is 16.8 Å². The van der Waals surface area contributed by atoms with Gasteiger partial charge in [-0.25, -0.2) is 4.98 Å². The fourth-order valence-corrected chi connectivity index (χ4v) is 3.51. The highest BCUT2D eigenvalue weighted by atomic mass is 32.2. The summed E-state index contributed by atoms with van der Waals surface area (Å²) in [7, 11) is 0. The summed E-state index contributed by atoms with van der Waals surface area (Å²) in [5.41, 5.74) is 3.05. The van der Waals surface area contributed by atoms with Crippen LogP contribution in [0.15, 0.2) is 59.9 Å². The molecule has 0 aliphatic heterocycles. The monoisotopic (exact) mass is 451 g/mol. The van der Waals surface area contributed by atoms with Crippen LogP contribution in [-0.2, 0) is 17.9 Å². The second-order valence-corrected chi connectivity index (χ2v) is 7.64. The Hall–Kier alpha value is -2.98.